The first kappa shape index (κ1) is 11.5. The Labute approximate surface area is 88.2 Å². The molecule has 1 fully saturated rings. The fourth-order valence-corrected chi connectivity index (χ4v) is 1.50. The van der Waals surface area contributed by atoms with Crippen molar-refractivity contribution in [1.82, 2.24) is 10.6 Å². The van der Waals surface area contributed by atoms with Gasteiger partial charge in [-0.2, -0.15) is 0 Å². The number of carboxylic acids is 1. The van der Waals surface area contributed by atoms with Gasteiger partial charge in [0.25, 0.3) is 0 Å². The fourth-order valence-electron chi connectivity index (χ4n) is 1.50. The number of hydrogen-bond donors (Lipinski definition) is 3. The van der Waals surface area contributed by atoms with Crippen molar-refractivity contribution < 1.29 is 14.7 Å². The molecule has 15 heavy (non-hydrogen) atoms. The Kier molecular flexibility index (Phi) is 4.13. The van der Waals surface area contributed by atoms with Crippen molar-refractivity contribution in [2.45, 2.75) is 31.3 Å². The molecule has 0 aromatic heterocycles. The van der Waals surface area contributed by atoms with Crippen molar-refractivity contribution >= 4 is 11.9 Å². The van der Waals surface area contributed by atoms with Gasteiger partial charge in [-0.1, -0.05) is 0 Å². The number of carboxylic acid groups (broad SMARTS) is 1. The highest BCUT2D eigenvalue weighted by Crippen LogP contribution is 2.05. The fraction of sp³-hybridized carbons (Fsp3) is 0.600. The molecule has 1 rings (SSSR count). The highest BCUT2D eigenvalue weighted by Gasteiger charge is 2.26. The lowest BCUT2D eigenvalue weighted by molar-refractivity contribution is -0.141. The molecule has 0 aromatic rings. The number of terminal acetylenes is 1. The van der Waals surface area contributed by atoms with Crippen LogP contribution in [-0.2, 0) is 9.59 Å². The smallest absolute Gasteiger partial charge is 0.327 e. The van der Waals surface area contributed by atoms with Crippen LogP contribution in [0.2, 0.25) is 0 Å². The molecule has 1 aliphatic rings. The number of carbonyl (C=O) groups is 2. The van der Waals surface area contributed by atoms with Crippen molar-refractivity contribution in [2.75, 3.05) is 6.54 Å². The van der Waals surface area contributed by atoms with Crippen LogP contribution in [0.25, 0.3) is 0 Å². The van der Waals surface area contributed by atoms with E-state index < -0.39 is 12.0 Å². The summed E-state index contributed by atoms with van der Waals surface area (Å²) in [6.07, 6.45) is 6.70. The molecule has 1 saturated heterocycles. The monoisotopic (exact) mass is 210 g/mol. The van der Waals surface area contributed by atoms with Crippen LogP contribution < -0.4 is 10.6 Å². The average Bonchev–Trinajstić information content (AvgIpc) is 2.69. The van der Waals surface area contributed by atoms with Gasteiger partial charge in [-0.25, -0.2) is 4.79 Å². The Morgan fingerprint density at radius 2 is 2.40 bits per heavy atom. The van der Waals surface area contributed by atoms with E-state index in [0.717, 1.165) is 19.4 Å². The van der Waals surface area contributed by atoms with Crippen LogP contribution in [0.5, 0.6) is 0 Å². The van der Waals surface area contributed by atoms with E-state index in [-0.39, 0.29) is 18.4 Å². The third kappa shape index (κ3) is 3.26. The minimum Gasteiger partial charge on any atom is -0.480 e. The Morgan fingerprint density at radius 3 is 2.87 bits per heavy atom. The molecule has 2 unspecified atom stereocenters. The third-order valence-electron chi connectivity index (χ3n) is 2.31. The molecule has 5 heteroatoms. The third-order valence-corrected chi connectivity index (χ3v) is 2.31. The van der Waals surface area contributed by atoms with Gasteiger partial charge in [0.15, 0.2) is 0 Å². The van der Waals surface area contributed by atoms with Gasteiger partial charge in [0.2, 0.25) is 5.91 Å². The number of amides is 1. The van der Waals surface area contributed by atoms with E-state index in [1.807, 2.05) is 0 Å². The highest BCUT2D eigenvalue weighted by atomic mass is 16.4. The van der Waals surface area contributed by atoms with Crippen molar-refractivity contribution in [3.8, 4) is 12.3 Å². The molecule has 0 aliphatic carbocycles. The molecule has 82 valence electrons. The molecule has 5 nitrogen and oxygen atoms in total. The van der Waals surface area contributed by atoms with Gasteiger partial charge >= 0.3 is 5.97 Å². The molecule has 2 atom stereocenters. The van der Waals surface area contributed by atoms with E-state index in [1.54, 1.807) is 0 Å². The number of aliphatic carboxylic acids is 1. The van der Waals surface area contributed by atoms with Gasteiger partial charge in [0.05, 0.1) is 6.04 Å². The highest BCUT2D eigenvalue weighted by molar-refractivity contribution is 5.87. The molecule has 0 saturated carbocycles. The molecule has 0 bridgehead atoms. The Morgan fingerprint density at radius 1 is 1.67 bits per heavy atom. The standard InChI is InChI=1S/C10H14N2O3/c1-2-4-8(10(14)15)12-9(13)7-5-3-6-11-7/h1,7-8,11H,3-6H2,(H,12,13)(H,14,15). The molecule has 1 aliphatic heterocycles. The first-order chi connectivity index (χ1) is 7.15. The maximum Gasteiger partial charge on any atom is 0.327 e. The quantitative estimate of drug-likeness (QED) is 0.538. The number of hydrogen-bond acceptors (Lipinski definition) is 3. The maximum atomic E-state index is 11.5. The number of nitrogens with one attached hydrogen (secondary N) is 2. The Bertz CT molecular complexity index is 290. The summed E-state index contributed by atoms with van der Waals surface area (Å²) in [5.41, 5.74) is 0. The van der Waals surface area contributed by atoms with Crippen LogP contribution in [0.15, 0.2) is 0 Å². The summed E-state index contributed by atoms with van der Waals surface area (Å²) in [4.78, 5) is 22.2. The second-order valence-corrected chi connectivity index (χ2v) is 3.46. The number of rotatable bonds is 4. The van der Waals surface area contributed by atoms with Crippen molar-refractivity contribution in [3.05, 3.63) is 0 Å². The van der Waals surface area contributed by atoms with Gasteiger partial charge in [-0.15, -0.1) is 12.3 Å². The summed E-state index contributed by atoms with van der Waals surface area (Å²) >= 11 is 0. The number of carbonyl (C=O) groups excluding carboxylic acids is 1. The second kappa shape index (κ2) is 5.37. The lowest BCUT2D eigenvalue weighted by atomic mass is 10.1. The Hall–Kier alpha value is -1.54. The SMILES string of the molecule is C#CCC(NC(=O)C1CCCN1)C(=O)O. The zero-order valence-electron chi connectivity index (χ0n) is 8.32. The minimum atomic E-state index is -1.10. The normalized spacial score (nSPS) is 21.7. The minimum absolute atomic E-state index is 0.00773. The summed E-state index contributed by atoms with van der Waals surface area (Å²) in [6.45, 7) is 0.797. The molecule has 1 heterocycles. The summed E-state index contributed by atoms with van der Waals surface area (Å²) in [7, 11) is 0. The van der Waals surface area contributed by atoms with Gasteiger partial charge in [0.1, 0.15) is 6.04 Å². The summed E-state index contributed by atoms with van der Waals surface area (Å²) in [5, 5.41) is 14.2. The van der Waals surface area contributed by atoms with Gasteiger partial charge < -0.3 is 15.7 Å². The van der Waals surface area contributed by atoms with E-state index in [4.69, 9.17) is 11.5 Å². The van der Waals surface area contributed by atoms with Crippen molar-refractivity contribution in [2.24, 2.45) is 0 Å². The van der Waals surface area contributed by atoms with Gasteiger partial charge in [-0.05, 0) is 19.4 Å². The molecule has 0 aromatic carbocycles. The second-order valence-electron chi connectivity index (χ2n) is 3.46. The summed E-state index contributed by atoms with van der Waals surface area (Å²) < 4.78 is 0. The average molecular weight is 210 g/mol. The van der Waals surface area contributed by atoms with E-state index in [1.165, 1.54) is 0 Å². The van der Waals surface area contributed by atoms with Gasteiger partial charge in [-0.3, -0.25) is 4.79 Å². The van der Waals surface area contributed by atoms with E-state index >= 15 is 0 Å². The van der Waals surface area contributed by atoms with Crippen LogP contribution in [-0.4, -0.2) is 35.6 Å². The summed E-state index contributed by atoms with van der Waals surface area (Å²) in [5.74, 6) is 0.849. The molecule has 3 N–H and O–H groups in total. The van der Waals surface area contributed by atoms with Crippen molar-refractivity contribution in [3.63, 3.8) is 0 Å². The molecular weight excluding hydrogens is 196 g/mol. The van der Waals surface area contributed by atoms with Gasteiger partial charge in [0, 0.05) is 6.42 Å². The molecule has 0 radical (unpaired) electrons. The molecule has 0 spiro atoms. The molecule has 1 amide bonds. The summed E-state index contributed by atoms with van der Waals surface area (Å²) in [6, 6.07) is -1.26. The zero-order valence-corrected chi connectivity index (χ0v) is 8.32. The maximum absolute atomic E-state index is 11.5. The van der Waals surface area contributed by atoms with E-state index in [2.05, 4.69) is 16.6 Å². The lowest BCUT2D eigenvalue weighted by Crippen LogP contribution is -2.48. The molecular formula is C10H14N2O3. The lowest BCUT2D eigenvalue weighted by Gasteiger charge is -2.15. The van der Waals surface area contributed by atoms with Crippen LogP contribution >= 0.6 is 0 Å². The zero-order chi connectivity index (χ0) is 11.3. The first-order valence-electron chi connectivity index (χ1n) is 4.85. The van der Waals surface area contributed by atoms with Crippen LogP contribution in [0.3, 0.4) is 0 Å². The van der Waals surface area contributed by atoms with E-state index in [9.17, 15) is 9.59 Å². The van der Waals surface area contributed by atoms with Crippen molar-refractivity contribution in [1.29, 1.82) is 0 Å². The predicted molar refractivity (Wildman–Crippen MR) is 54.0 cm³/mol. The van der Waals surface area contributed by atoms with Crippen LogP contribution in [0.1, 0.15) is 19.3 Å². The topological polar surface area (TPSA) is 78.4 Å². The largest absolute Gasteiger partial charge is 0.480 e. The van der Waals surface area contributed by atoms with E-state index in [0.29, 0.717) is 0 Å². The first-order valence-corrected chi connectivity index (χ1v) is 4.85. The predicted octanol–water partition coefficient (Wildman–Crippen LogP) is -0.669. The Balaban J connectivity index is 2.46. The van der Waals surface area contributed by atoms with Crippen LogP contribution in [0, 0.1) is 12.3 Å². The van der Waals surface area contributed by atoms with Crippen LogP contribution in [0.4, 0.5) is 0 Å².